The largest absolute Gasteiger partial charge is 0.397 e. The van der Waals surface area contributed by atoms with Gasteiger partial charge < -0.3 is 15.8 Å². The minimum absolute atomic E-state index is 0.104. The Hall–Kier alpha value is -1.30. The van der Waals surface area contributed by atoms with Gasteiger partial charge in [-0.05, 0) is 32.2 Å². The monoisotopic (exact) mass is 285 g/mol. The van der Waals surface area contributed by atoms with Gasteiger partial charge in [0, 0.05) is 18.8 Å². The summed E-state index contributed by atoms with van der Waals surface area (Å²) in [5.41, 5.74) is 6.76. The number of nitrogens with two attached hydrogens (primary N) is 1. The number of hydrogen-bond acceptors (Lipinski definition) is 4. The molecule has 1 unspecified atom stereocenters. The van der Waals surface area contributed by atoms with Gasteiger partial charge in [0.2, 0.25) is 5.91 Å². The van der Waals surface area contributed by atoms with E-state index in [-0.39, 0.29) is 18.5 Å². The molecule has 1 amide bonds. The van der Waals surface area contributed by atoms with Crippen molar-refractivity contribution in [3.63, 3.8) is 0 Å². The molecule has 0 heterocycles. The lowest BCUT2D eigenvalue weighted by Crippen LogP contribution is -2.38. The Morgan fingerprint density at radius 1 is 1.58 bits per heavy atom. The summed E-state index contributed by atoms with van der Waals surface area (Å²) < 4.78 is 5.05. The molecule has 1 atom stereocenters. The highest BCUT2D eigenvalue weighted by Gasteiger charge is 2.13. The first-order valence-corrected chi connectivity index (χ1v) is 6.36. The van der Waals surface area contributed by atoms with E-state index in [2.05, 4.69) is 5.32 Å². The number of benzene rings is 1. The number of carbonyl (C=O) groups excluding carboxylic acids is 1. The van der Waals surface area contributed by atoms with Gasteiger partial charge in [-0.3, -0.25) is 9.69 Å². The zero-order valence-electron chi connectivity index (χ0n) is 11.4. The van der Waals surface area contributed by atoms with Crippen molar-refractivity contribution < 1.29 is 9.53 Å². The van der Waals surface area contributed by atoms with Crippen molar-refractivity contribution in [3.05, 3.63) is 23.2 Å². The maximum absolute atomic E-state index is 11.9. The maximum Gasteiger partial charge on any atom is 0.238 e. The van der Waals surface area contributed by atoms with Crippen LogP contribution in [0.25, 0.3) is 0 Å². The number of rotatable bonds is 6. The second-order valence-electron chi connectivity index (χ2n) is 4.50. The molecule has 6 heteroatoms. The third kappa shape index (κ3) is 5.06. The lowest BCUT2D eigenvalue weighted by molar-refractivity contribution is -0.117. The van der Waals surface area contributed by atoms with Gasteiger partial charge >= 0.3 is 0 Å². The molecule has 0 aromatic heterocycles. The summed E-state index contributed by atoms with van der Waals surface area (Å²) in [7, 11) is 3.51. The van der Waals surface area contributed by atoms with Crippen LogP contribution in [-0.4, -0.2) is 44.2 Å². The number of nitrogen functional groups attached to an aromatic ring is 1. The highest BCUT2D eigenvalue weighted by molar-refractivity contribution is 6.33. The van der Waals surface area contributed by atoms with E-state index in [0.29, 0.717) is 23.0 Å². The second kappa shape index (κ2) is 7.33. The van der Waals surface area contributed by atoms with Crippen LogP contribution in [-0.2, 0) is 9.53 Å². The summed E-state index contributed by atoms with van der Waals surface area (Å²) >= 11 is 5.82. The number of nitrogens with zero attached hydrogens (tertiary/aromatic N) is 1. The molecule has 1 aromatic carbocycles. The van der Waals surface area contributed by atoms with Crippen LogP contribution in [0, 0.1) is 0 Å². The normalized spacial score (nSPS) is 12.5. The third-order valence-electron chi connectivity index (χ3n) is 2.83. The average molecular weight is 286 g/mol. The maximum atomic E-state index is 11.9. The zero-order chi connectivity index (χ0) is 14.4. The van der Waals surface area contributed by atoms with E-state index in [1.807, 2.05) is 18.9 Å². The molecule has 0 saturated carbocycles. The third-order valence-corrected chi connectivity index (χ3v) is 3.18. The van der Waals surface area contributed by atoms with Gasteiger partial charge in [-0.2, -0.15) is 0 Å². The Balaban J connectivity index is 2.53. The lowest BCUT2D eigenvalue weighted by Gasteiger charge is -2.23. The van der Waals surface area contributed by atoms with Gasteiger partial charge in [0.25, 0.3) is 0 Å². The summed E-state index contributed by atoms with van der Waals surface area (Å²) in [5, 5.41) is 3.25. The summed E-state index contributed by atoms with van der Waals surface area (Å²) in [6.45, 7) is 2.86. The van der Waals surface area contributed by atoms with Crippen molar-refractivity contribution >= 4 is 28.9 Å². The number of nitrogens with one attached hydrogen (secondary N) is 1. The Labute approximate surface area is 118 Å². The van der Waals surface area contributed by atoms with E-state index in [1.54, 1.807) is 25.3 Å². The van der Waals surface area contributed by atoms with Crippen LogP contribution in [0.1, 0.15) is 6.92 Å². The molecule has 106 valence electrons. The number of hydrogen-bond donors (Lipinski definition) is 2. The van der Waals surface area contributed by atoms with Crippen molar-refractivity contribution in [3.8, 4) is 0 Å². The van der Waals surface area contributed by atoms with Gasteiger partial charge in [0.1, 0.15) is 0 Å². The first kappa shape index (κ1) is 15.8. The van der Waals surface area contributed by atoms with Crippen LogP contribution in [0.4, 0.5) is 11.4 Å². The molecule has 0 aliphatic heterocycles. The molecular weight excluding hydrogens is 266 g/mol. The first-order chi connectivity index (χ1) is 8.93. The highest BCUT2D eigenvalue weighted by atomic mass is 35.5. The molecule has 0 aliphatic carbocycles. The second-order valence-corrected chi connectivity index (χ2v) is 4.91. The Morgan fingerprint density at radius 2 is 2.26 bits per heavy atom. The topological polar surface area (TPSA) is 67.6 Å². The van der Waals surface area contributed by atoms with E-state index in [0.717, 1.165) is 0 Å². The molecule has 0 bridgehead atoms. The number of anilines is 2. The van der Waals surface area contributed by atoms with Crippen LogP contribution in [0.2, 0.25) is 5.02 Å². The Morgan fingerprint density at radius 3 is 2.84 bits per heavy atom. The van der Waals surface area contributed by atoms with E-state index in [9.17, 15) is 4.79 Å². The van der Waals surface area contributed by atoms with E-state index in [4.69, 9.17) is 22.1 Å². The number of carbonyl (C=O) groups is 1. The number of methoxy groups -OCH3 is 1. The smallest absolute Gasteiger partial charge is 0.238 e. The van der Waals surface area contributed by atoms with Gasteiger partial charge in [0.05, 0.1) is 23.9 Å². The van der Waals surface area contributed by atoms with Gasteiger partial charge in [0.15, 0.2) is 0 Å². The van der Waals surface area contributed by atoms with Gasteiger partial charge in [-0.1, -0.05) is 11.6 Å². The molecule has 0 aliphatic rings. The van der Waals surface area contributed by atoms with Crippen LogP contribution in [0.5, 0.6) is 0 Å². The minimum Gasteiger partial charge on any atom is -0.397 e. The summed E-state index contributed by atoms with van der Waals surface area (Å²) in [5.74, 6) is -0.104. The van der Waals surface area contributed by atoms with Crippen molar-refractivity contribution in [1.29, 1.82) is 0 Å². The van der Waals surface area contributed by atoms with Gasteiger partial charge in [-0.15, -0.1) is 0 Å². The predicted molar refractivity (Wildman–Crippen MR) is 78.5 cm³/mol. The Bertz CT molecular complexity index is 440. The van der Waals surface area contributed by atoms with Crippen molar-refractivity contribution in [2.75, 3.05) is 38.4 Å². The molecule has 0 spiro atoms. The molecule has 0 fully saturated rings. The van der Waals surface area contributed by atoms with E-state index < -0.39 is 0 Å². The molecule has 0 radical (unpaired) electrons. The fraction of sp³-hybridized carbons (Fsp3) is 0.462. The molecule has 1 aromatic rings. The number of halogens is 1. The summed E-state index contributed by atoms with van der Waals surface area (Å²) in [6, 6.07) is 5.18. The minimum atomic E-state index is -0.104. The molecule has 5 nitrogen and oxygen atoms in total. The van der Waals surface area contributed by atoms with Crippen molar-refractivity contribution in [2.24, 2.45) is 0 Å². The number of likely N-dealkylation sites (N-methyl/N-ethyl adjacent to an activating group) is 1. The summed E-state index contributed by atoms with van der Waals surface area (Å²) in [6.07, 6.45) is 0. The van der Waals surface area contributed by atoms with E-state index >= 15 is 0 Å². The molecule has 1 rings (SSSR count). The van der Waals surface area contributed by atoms with Crippen LogP contribution < -0.4 is 11.1 Å². The van der Waals surface area contributed by atoms with Crippen molar-refractivity contribution in [2.45, 2.75) is 13.0 Å². The van der Waals surface area contributed by atoms with Crippen LogP contribution >= 0.6 is 11.6 Å². The number of ether oxygens (including phenoxy) is 1. The van der Waals surface area contributed by atoms with E-state index in [1.165, 1.54) is 0 Å². The predicted octanol–water partition coefficient (Wildman–Crippen LogP) is 1.83. The molecule has 3 N–H and O–H groups in total. The SMILES string of the molecule is COCC(C)N(C)CC(=O)Nc1ccc(Cl)c(N)c1. The molecule has 19 heavy (non-hydrogen) atoms. The quantitative estimate of drug-likeness (QED) is 0.783. The van der Waals surface area contributed by atoms with Crippen molar-refractivity contribution in [1.82, 2.24) is 4.90 Å². The average Bonchev–Trinajstić information content (AvgIpc) is 2.34. The van der Waals surface area contributed by atoms with Crippen LogP contribution in [0.3, 0.4) is 0 Å². The summed E-state index contributed by atoms with van der Waals surface area (Å²) in [4.78, 5) is 13.8. The number of amides is 1. The fourth-order valence-electron chi connectivity index (χ4n) is 1.57. The molecular formula is C13H20ClN3O2. The fourth-order valence-corrected chi connectivity index (χ4v) is 1.69. The van der Waals surface area contributed by atoms with Crippen LogP contribution in [0.15, 0.2) is 18.2 Å². The van der Waals surface area contributed by atoms with Gasteiger partial charge in [-0.25, -0.2) is 0 Å². The standard InChI is InChI=1S/C13H20ClN3O2/c1-9(8-19-3)17(2)7-13(18)16-10-4-5-11(14)12(15)6-10/h4-6,9H,7-8,15H2,1-3H3,(H,16,18). The zero-order valence-corrected chi connectivity index (χ0v) is 12.2. The highest BCUT2D eigenvalue weighted by Crippen LogP contribution is 2.22. The first-order valence-electron chi connectivity index (χ1n) is 5.98. The molecule has 0 saturated heterocycles. The lowest BCUT2D eigenvalue weighted by atomic mass is 10.2. The Kier molecular flexibility index (Phi) is 6.08.